The van der Waals surface area contributed by atoms with Crippen molar-refractivity contribution in [3.8, 4) is 11.5 Å². The number of rotatable bonds is 5. The molecule has 1 N–H and O–H groups in total. The van der Waals surface area contributed by atoms with E-state index in [2.05, 4.69) is 44.1 Å². The highest BCUT2D eigenvalue weighted by Crippen LogP contribution is 2.30. The smallest absolute Gasteiger partial charge is 0.137 e. The highest BCUT2D eigenvalue weighted by Gasteiger charge is 2.07. The molecule has 2 nitrogen and oxygen atoms in total. The molecule has 0 atom stereocenters. The molecule has 2 aromatic rings. The number of halogens is 3. The SMILES string of the molecule is CCNCc1cc(Br)ccc1Oc1ccc(F)c(Br)c1. The summed E-state index contributed by atoms with van der Waals surface area (Å²) in [4.78, 5) is 0. The van der Waals surface area contributed by atoms with Crippen LogP contribution in [-0.4, -0.2) is 6.54 Å². The summed E-state index contributed by atoms with van der Waals surface area (Å²) in [5.41, 5.74) is 1.04. The highest BCUT2D eigenvalue weighted by atomic mass is 79.9. The molecule has 5 heteroatoms. The zero-order valence-corrected chi connectivity index (χ0v) is 14.1. The van der Waals surface area contributed by atoms with Crippen LogP contribution < -0.4 is 10.1 Å². The molecule has 0 amide bonds. The quantitative estimate of drug-likeness (QED) is 0.737. The first-order valence-electron chi connectivity index (χ1n) is 6.22. The highest BCUT2D eigenvalue weighted by molar-refractivity contribution is 9.10. The van der Waals surface area contributed by atoms with Crippen molar-refractivity contribution in [1.29, 1.82) is 0 Å². The van der Waals surface area contributed by atoms with Crippen molar-refractivity contribution in [2.45, 2.75) is 13.5 Å². The molecule has 0 saturated heterocycles. The molecule has 20 heavy (non-hydrogen) atoms. The lowest BCUT2D eigenvalue weighted by atomic mass is 10.2. The van der Waals surface area contributed by atoms with Gasteiger partial charge in [-0.1, -0.05) is 22.9 Å². The van der Waals surface area contributed by atoms with E-state index in [-0.39, 0.29) is 5.82 Å². The number of ether oxygens (including phenoxy) is 1. The zero-order chi connectivity index (χ0) is 14.5. The van der Waals surface area contributed by atoms with Gasteiger partial charge in [0.2, 0.25) is 0 Å². The fourth-order valence-electron chi connectivity index (χ4n) is 1.71. The summed E-state index contributed by atoms with van der Waals surface area (Å²) in [6, 6.07) is 10.4. The molecule has 0 fully saturated rings. The summed E-state index contributed by atoms with van der Waals surface area (Å²) in [5.74, 6) is 1.05. The maximum Gasteiger partial charge on any atom is 0.137 e. The van der Waals surface area contributed by atoms with Crippen molar-refractivity contribution in [3.05, 3.63) is 56.7 Å². The van der Waals surface area contributed by atoms with E-state index >= 15 is 0 Å². The van der Waals surface area contributed by atoms with Crippen LogP contribution in [0.5, 0.6) is 11.5 Å². The van der Waals surface area contributed by atoms with Crippen LogP contribution in [0.4, 0.5) is 4.39 Å². The Balaban J connectivity index is 2.25. The Hall–Kier alpha value is -0.910. The van der Waals surface area contributed by atoms with Gasteiger partial charge in [-0.25, -0.2) is 4.39 Å². The van der Waals surface area contributed by atoms with E-state index in [1.54, 1.807) is 12.1 Å². The Kier molecular flexibility index (Phi) is 5.57. The third-order valence-electron chi connectivity index (χ3n) is 2.71. The first kappa shape index (κ1) is 15.5. The predicted molar refractivity (Wildman–Crippen MR) is 85.7 cm³/mol. The van der Waals surface area contributed by atoms with Crippen molar-refractivity contribution < 1.29 is 9.13 Å². The lowest BCUT2D eigenvalue weighted by Crippen LogP contribution is -2.12. The molecule has 0 aliphatic carbocycles. The van der Waals surface area contributed by atoms with E-state index in [1.165, 1.54) is 6.07 Å². The summed E-state index contributed by atoms with van der Waals surface area (Å²) in [6.45, 7) is 3.65. The van der Waals surface area contributed by atoms with Crippen LogP contribution in [0.2, 0.25) is 0 Å². The van der Waals surface area contributed by atoms with E-state index in [1.807, 2.05) is 18.2 Å². The van der Waals surface area contributed by atoms with Crippen molar-refractivity contribution in [1.82, 2.24) is 5.32 Å². The lowest BCUT2D eigenvalue weighted by molar-refractivity contribution is 0.470. The van der Waals surface area contributed by atoms with Crippen LogP contribution in [-0.2, 0) is 6.54 Å². The molecule has 2 aromatic carbocycles. The maximum absolute atomic E-state index is 13.2. The summed E-state index contributed by atoms with van der Waals surface area (Å²) >= 11 is 6.61. The van der Waals surface area contributed by atoms with Crippen LogP contribution in [0.25, 0.3) is 0 Å². The minimum absolute atomic E-state index is 0.305. The Morgan fingerprint density at radius 3 is 2.65 bits per heavy atom. The molecule has 0 unspecified atom stereocenters. The first-order valence-corrected chi connectivity index (χ1v) is 7.81. The van der Waals surface area contributed by atoms with Gasteiger partial charge in [0.15, 0.2) is 0 Å². The molecule has 2 rings (SSSR count). The van der Waals surface area contributed by atoms with Gasteiger partial charge in [0, 0.05) is 16.6 Å². The average molecular weight is 403 g/mol. The van der Waals surface area contributed by atoms with Crippen molar-refractivity contribution in [3.63, 3.8) is 0 Å². The third-order valence-corrected chi connectivity index (χ3v) is 3.81. The summed E-state index contributed by atoms with van der Waals surface area (Å²) in [7, 11) is 0. The first-order chi connectivity index (χ1) is 9.60. The fraction of sp³-hybridized carbons (Fsp3) is 0.200. The van der Waals surface area contributed by atoms with Gasteiger partial charge in [0.05, 0.1) is 4.47 Å². The van der Waals surface area contributed by atoms with Gasteiger partial charge < -0.3 is 10.1 Å². The Morgan fingerprint density at radius 2 is 1.95 bits per heavy atom. The van der Waals surface area contributed by atoms with Gasteiger partial charge in [-0.15, -0.1) is 0 Å². The van der Waals surface area contributed by atoms with E-state index in [0.29, 0.717) is 16.8 Å². The van der Waals surface area contributed by atoms with Crippen molar-refractivity contribution in [2.24, 2.45) is 0 Å². The number of nitrogens with one attached hydrogen (secondary N) is 1. The average Bonchev–Trinajstić information content (AvgIpc) is 2.43. The topological polar surface area (TPSA) is 21.3 Å². The van der Waals surface area contributed by atoms with Crippen LogP contribution >= 0.6 is 31.9 Å². The van der Waals surface area contributed by atoms with Crippen LogP contribution in [0.3, 0.4) is 0 Å². The van der Waals surface area contributed by atoms with Crippen LogP contribution in [0.15, 0.2) is 45.3 Å². The number of hydrogen-bond donors (Lipinski definition) is 1. The second kappa shape index (κ2) is 7.20. The van der Waals surface area contributed by atoms with E-state index in [4.69, 9.17) is 4.74 Å². The monoisotopic (exact) mass is 401 g/mol. The van der Waals surface area contributed by atoms with Gasteiger partial charge in [0.25, 0.3) is 0 Å². The fourth-order valence-corrected chi connectivity index (χ4v) is 2.48. The third kappa shape index (κ3) is 4.04. The largest absolute Gasteiger partial charge is 0.457 e. The molecule has 0 radical (unpaired) electrons. The van der Waals surface area contributed by atoms with Gasteiger partial charge in [-0.05, 0) is 58.9 Å². The minimum Gasteiger partial charge on any atom is -0.457 e. The predicted octanol–water partition coefficient (Wildman–Crippen LogP) is 5.25. The molecule has 0 spiro atoms. The van der Waals surface area contributed by atoms with E-state index in [0.717, 1.165) is 22.3 Å². The molecule has 0 aromatic heterocycles. The number of hydrogen-bond acceptors (Lipinski definition) is 2. The maximum atomic E-state index is 13.2. The summed E-state index contributed by atoms with van der Waals surface area (Å²) < 4.78 is 20.4. The van der Waals surface area contributed by atoms with E-state index in [9.17, 15) is 4.39 Å². The van der Waals surface area contributed by atoms with Crippen molar-refractivity contribution >= 4 is 31.9 Å². The Morgan fingerprint density at radius 1 is 1.15 bits per heavy atom. The second-order valence-corrected chi connectivity index (χ2v) is 5.98. The molecule has 0 bridgehead atoms. The molecule has 0 aliphatic heterocycles. The molecule has 0 saturated carbocycles. The molecule has 106 valence electrons. The van der Waals surface area contributed by atoms with Crippen LogP contribution in [0, 0.1) is 5.82 Å². The van der Waals surface area contributed by atoms with Gasteiger partial charge in [0.1, 0.15) is 17.3 Å². The van der Waals surface area contributed by atoms with E-state index < -0.39 is 0 Å². The van der Waals surface area contributed by atoms with Crippen molar-refractivity contribution in [2.75, 3.05) is 6.54 Å². The summed E-state index contributed by atoms with van der Waals surface area (Å²) in [5, 5.41) is 3.27. The Labute approximate surface area is 134 Å². The molecule has 0 aliphatic rings. The van der Waals surface area contributed by atoms with Gasteiger partial charge in [-0.2, -0.15) is 0 Å². The normalized spacial score (nSPS) is 10.6. The lowest BCUT2D eigenvalue weighted by Gasteiger charge is -2.12. The Bertz CT molecular complexity index is 604. The molecular weight excluding hydrogens is 389 g/mol. The second-order valence-electron chi connectivity index (χ2n) is 4.21. The standard InChI is InChI=1S/C15H14Br2FNO/c1-2-19-9-10-7-11(16)3-6-15(10)20-12-4-5-14(18)13(17)8-12/h3-8,19H,2,9H2,1H3. The summed E-state index contributed by atoms with van der Waals surface area (Å²) in [6.07, 6.45) is 0. The van der Waals surface area contributed by atoms with Gasteiger partial charge >= 0.3 is 0 Å². The molecule has 0 heterocycles. The van der Waals surface area contributed by atoms with Crippen LogP contribution in [0.1, 0.15) is 12.5 Å². The zero-order valence-electron chi connectivity index (χ0n) is 10.9. The van der Waals surface area contributed by atoms with Gasteiger partial charge in [-0.3, -0.25) is 0 Å². The molecular formula is C15H14Br2FNO. The minimum atomic E-state index is -0.305. The number of benzene rings is 2.